The first kappa shape index (κ1) is 12.6. The molecule has 1 aromatic heterocycles. The Morgan fingerprint density at radius 1 is 1.39 bits per heavy atom. The van der Waals surface area contributed by atoms with Crippen molar-refractivity contribution in [3.8, 4) is 11.3 Å². The Labute approximate surface area is 106 Å². The third kappa shape index (κ3) is 2.10. The van der Waals surface area contributed by atoms with E-state index in [0.717, 1.165) is 17.9 Å². The van der Waals surface area contributed by atoms with E-state index in [1.54, 1.807) is 6.07 Å². The van der Waals surface area contributed by atoms with E-state index in [4.69, 9.17) is 5.73 Å². The molecule has 0 aliphatic carbocycles. The number of halogens is 1. The lowest BCUT2D eigenvalue weighted by atomic mass is 10.1. The van der Waals surface area contributed by atoms with Crippen molar-refractivity contribution in [2.75, 3.05) is 5.73 Å². The largest absolute Gasteiger partial charge is 0.383 e. The van der Waals surface area contributed by atoms with E-state index < -0.39 is 0 Å². The molecule has 1 heterocycles. The summed E-state index contributed by atoms with van der Waals surface area (Å²) in [7, 11) is 0. The van der Waals surface area contributed by atoms with Crippen molar-refractivity contribution in [1.82, 2.24) is 9.55 Å². The van der Waals surface area contributed by atoms with Crippen molar-refractivity contribution in [3.05, 3.63) is 35.9 Å². The second kappa shape index (κ2) is 4.80. The van der Waals surface area contributed by atoms with Gasteiger partial charge in [-0.1, -0.05) is 26.0 Å². The van der Waals surface area contributed by atoms with Gasteiger partial charge in [0.15, 0.2) is 0 Å². The molecule has 0 aliphatic rings. The molecule has 0 aliphatic heterocycles. The van der Waals surface area contributed by atoms with Gasteiger partial charge < -0.3 is 10.3 Å². The van der Waals surface area contributed by atoms with E-state index in [9.17, 15) is 4.39 Å². The van der Waals surface area contributed by atoms with Gasteiger partial charge in [-0.05, 0) is 19.1 Å². The molecule has 1 aromatic carbocycles. The lowest BCUT2D eigenvalue weighted by Gasteiger charge is -2.08. The molecule has 0 bridgehead atoms. The standard InChI is InChI=1S/C14H18FN3/c1-4-18-13(16)12(17-14(18)9(2)3)10-6-5-7-11(15)8-10/h5-9H,4,16H2,1-3H3. The normalized spacial score (nSPS) is 11.2. The SMILES string of the molecule is CCn1c(C(C)C)nc(-c2cccc(F)c2)c1N. The molecule has 0 fully saturated rings. The van der Waals surface area contributed by atoms with Crippen LogP contribution in [0.15, 0.2) is 24.3 Å². The molecule has 0 unspecified atom stereocenters. The van der Waals surface area contributed by atoms with E-state index in [2.05, 4.69) is 18.8 Å². The van der Waals surface area contributed by atoms with Gasteiger partial charge in [0.05, 0.1) is 0 Å². The van der Waals surface area contributed by atoms with Crippen LogP contribution in [-0.2, 0) is 6.54 Å². The van der Waals surface area contributed by atoms with Crippen LogP contribution in [0.4, 0.5) is 10.2 Å². The average molecular weight is 247 g/mol. The number of nitrogens with zero attached hydrogens (tertiary/aromatic N) is 2. The summed E-state index contributed by atoms with van der Waals surface area (Å²) < 4.78 is 15.2. The van der Waals surface area contributed by atoms with Gasteiger partial charge in [-0.3, -0.25) is 0 Å². The van der Waals surface area contributed by atoms with Gasteiger partial charge in [-0.25, -0.2) is 9.37 Å². The Bertz CT molecular complexity index is 558. The minimum absolute atomic E-state index is 0.274. The summed E-state index contributed by atoms with van der Waals surface area (Å²) in [6, 6.07) is 6.37. The maximum atomic E-state index is 13.3. The topological polar surface area (TPSA) is 43.8 Å². The molecule has 2 aromatic rings. The summed E-state index contributed by atoms with van der Waals surface area (Å²) in [6.07, 6.45) is 0. The molecular formula is C14H18FN3. The molecule has 0 saturated carbocycles. The fraction of sp³-hybridized carbons (Fsp3) is 0.357. The van der Waals surface area contributed by atoms with Crippen LogP contribution in [0, 0.1) is 5.82 Å². The van der Waals surface area contributed by atoms with Crippen LogP contribution >= 0.6 is 0 Å². The van der Waals surface area contributed by atoms with Crippen LogP contribution in [0.5, 0.6) is 0 Å². The van der Waals surface area contributed by atoms with Gasteiger partial charge >= 0.3 is 0 Å². The van der Waals surface area contributed by atoms with E-state index in [1.165, 1.54) is 12.1 Å². The van der Waals surface area contributed by atoms with Gasteiger partial charge in [-0.2, -0.15) is 0 Å². The molecule has 0 atom stereocenters. The Hall–Kier alpha value is -1.84. The summed E-state index contributed by atoms with van der Waals surface area (Å²) in [4.78, 5) is 4.56. The van der Waals surface area contributed by atoms with Crippen LogP contribution in [0.3, 0.4) is 0 Å². The number of hydrogen-bond acceptors (Lipinski definition) is 2. The first-order chi connectivity index (χ1) is 8.54. The van der Waals surface area contributed by atoms with Crippen LogP contribution in [0.25, 0.3) is 11.3 Å². The number of anilines is 1. The van der Waals surface area contributed by atoms with Gasteiger partial charge in [-0.15, -0.1) is 0 Å². The number of hydrogen-bond donors (Lipinski definition) is 1. The third-order valence-electron chi connectivity index (χ3n) is 2.97. The van der Waals surface area contributed by atoms with Crippen LogP contribution in [0.2, 0.25) is 0 Å². The molecule has 96 valence electrons. The van der Waals surface area contributed by atoms with Crippen molar-refractivity contribution in [1.29, 1.82) is 0 Å². The fourth-order valence-electron chi connectivity index (χ4n) is 2.10. The van der Waals surface area contributed by atoms with Crippen LogP contribution in [0.1, 0.15) is 32.5 Å². The lowest BCUT2D eigenvalue weighted by Crippen LogP contribution is -2.06. The summed E-state index contributed by atoms with van der Waals surface area (Å²) in [5.74, 6) is 1.56. The Morgan fingerprint density at radius 2 is 2.11 bits per heavy atom. The molecule has 4 heteroatoms. The smallest absolute Gasteiger partial charge is 0.131 e. The minimum Gasteiger partial charge on any atom is -0.383 e. The predicted octanol–water partition coefficient (Wildman–Crippen LogP) is 3.41. The summed E-state index contributed by atoms with van der Waals surface area (Å²) in [5, 5.41) is 0. The fourth-order valence-corrected chi connectivity index (χ4v) is 2.10. The summed E-state index contributed by atoms with van der Waals surface area (Å²) >= 11 is 0. The molecular weight excluding hydrogens is 229 g/mol. The molecule has 2 N–H and O–H groups in total. The highest BCUT2D eigenvalue weighted by molar-refractivity contribution is 5.71. The molecule has 0 radical (unpaired) electrons. The molecule has 0 amide bonds. The van der Waals surface area contributed by atoms with Gasteiger partial charge in [0.1, 0.15) is 23.2 Å². The number of imidazole rings is 1. The van der Waals surface area contributed by atoms with Crippen molar-refractivity contribution in [3.63, 3.8) is 0 Å². The maximum absolute atomic E-state index is 13.3. The average Bonchev–Trinajstić information content (AvgIpc) is 2.66. The van der Waals surface area contributed by atoms with Crippen LogP contribution < -0.4 is 5.73 Å². The Balaban J connectivity index is 2.59. The summed E-state index contributed by atoms with van der Waals surface area (Å²) in [6.45, 7) is 6.94. The zero-order chi connectivity index (χ0) is 13.3. The minimum atomic E-state index is -0.274. The van der Waals surface area contributed by atoms with Gasteiger partial charge in [0, 0.05) is 18.0 Å². The van der Waals surface area contributed by atoms with Crippen molar-refractivity contribution < 1.29 is 4.39 Å². The van der Waals surface area contributed by atoms with E-state index in [0.29, 0.717) is 11.5 Å². The second-order valence-electron chi connectivity index (χ2n) is 4.61. The Morgan fingerprint density at radius 3 is 2.61 bits per heavy atom. The molecule has 0 saturated heterocycles. The molecule has 3 nitrogen and oxygen atoms in total. The van der Waals surface area contributed by atoms with Gasteiger partial charge in [0.2, 0.25) is 0 Å². The van der Waals surface area contributed by atoms with Crippen molar-refractivity contribution in [2.45, 2.75) is 33.2 Å². The van der Waals surface area contributed by atoms with E-state index >= 15 is 0 Å². The maximum Gasteiger partial charge on any atom is 0.131 e. The van der Waals surface area contributed by atoms with Crippen LogP contribution in [-0.4, -0.2) is 9.55 Å². The first-order valence-corrected chi connectivity index (χ1v) is 6.16. The lowest BCUT2D eigenvalue weighted by molar-refractivity contribution is 0.628. The summed E-state index contributed by atoms with van der Waals surface area (Å²) in [5.41, 5.74) is 7.50. The monoisotopic (exact) mass is 247 g/mol. The van der Waals surface area contributed by atoms with E-state index in [-0.39, 0.29) is 11.7 Å². The third-order valence-corrected chi connectivity index (χ3v) is 2.97. The van der Waals surface area contributed by atoms with E-state index in [1.807, 2.05) is 17.6 Å². The Kier molecular flexibility index (Phi) is 3.36. The van der Waals surface area contributed by atoms with Gasteiger partial charge in [0.25, 0.3) is 0 Å². The second-order valence-corrected chi connectivity index (χ2v) is 4.61. The zero-order valence-electron chi connectivity index (χ0n) is 10.9. The number of nitrogen functional groups attached to an aromatic ring is 1. The zero-order valence-corrected chi connectivity index (χ0v) is 10.9. The molecule has 2 rings (SSSR count). The number of benzene rings is 1. The highest BCUT2D eigenvalue weighted by Crippen LogP contribution is 2.29. The predicted molar refractivity (Wildman–Crippen MR) is 71.8 cm³/mol. The highest BCUT2D eigenvalue weighted by Gasteiger charge is 2.17. The molecule has 18 heavy (non-hydrogen) atoms. The van der Waals surface area contributed by atoms with Crippen molar-refractivity contribution >= 4 is 5.82 Å². The number of rotatable bonds is 3. The quantitative estimate of drug-likeness (QED) is 0.903. The molecule has 0 spiro atoms. The number of aromatic nitrogens is 2. The first-order valence-electron chi connectivity index (χ1n) is 6.16. The highest BCUT2D eigenvalue weighted by atomic mass is 19.1. The number of nitrogens with two attached hydrogens (primary N) is 1. The van der Waals surface area contributed by atoms with Crippen molar-refractivity contribution in [2.24, 2.45) is 0 Å².